The van der Waals surface area contributed by atoms with Gasteiger partial charge < -0.3 is 0 Å². The quantitative estimate of drug-likeness (QED) is 0.581. The van der Waals surface area contributed by atoms with E-state index in [2.05, 4.69) is 20.5 Å². The van der Waals surface area contributed by atoms with Gasteiger partial charge in [-0.05, 0) is 6.07 Å². The molecule has 0 saturated carbocycles. The third kappa shape index (κ3) is 2.45. The standard InChI is InChI=1S/C10H13FN6/c1-17-10(14-6-15-17)4-9(16-12)7-2-3-13-5-8(7)11/h2-3,5-6,9,16H,4,12H2,1H3. The van der Waals surface area contributed by atoms with Crippen molar-refractivity contribution in [3.63, 3.8) is 0 Å². The van der Waals surface area contributed by atoms with Gasteiger partial charge in [0.05, 0.1) is 12.2 Å². The zero-order valence-electron chi connectivity index (χ0n) is 9.34. The lowest BCUT2D eigenvalue weighted by Gasteiger charge is -2.15. The highest BCUT2D eigenvalue weighted by Gasteiger charge is 2.17. The summed E-state index contributed by atoms with van der Waals surface area (Å²) in [6.07, 6.45) is 4.59. The van der Waals surface area contributed by atoms with Crippen molar-refractivity contribution in [3.05, 3.63) is 42.0 Å². The van der Waals surface area contributed by atoms with Crippen molar-refractivity contribution in [2.75, 3.05) is 0 Å². The van der Waals surface area contributed by atoms with Gasteiger partial charge in [0.1, 0.15) is 18.0 Å². The van der Waals surface area contributed by atoms with Crippen molar-refractivity contribution in [3.8, 4) is 0 Å². The van der Waals surface area contributed by atoms with Crippen LogP contribution in [0.15, 0.2) is 24.8 Å². The van der Waals surface area contributed by atoms with Gasteiger partial charge in [-0.2, -0.15) is 5.10 Å². The molecule has 7 heteroatoms. The zero-order chi connectivity index (χ0) is 12.3. The lowest BCUT2D eigenvalue weighted by atomic mass is 10.1. The van der Waals surface area contributed by atoms with Crippen molar-refractivity contribution < 1.29 is 4.39 Å². The smallest absolute Gasteiger partial charge is 0.146 e. The summed E-state index contributed by atoms with van der Waals surface area (Å²) < 4.78 is 15.2. The van der Waals surface area contributed by atoms with Crippen LogP contribution in [0.2, 0.25) is 0 Å². The van der Waals surface area contributed by atoms with E-state index < -0.39 is 5.82 Å². The third-order valence-electron chi connectivity index (χ3n) is 2.57. The van der Waals surface area contributed by atoms with Crippen LogP contribution < -0.4 is 11.3 Å². The molecule has 0 bridgehead atoms. The second kappa shape index (κ2) is 4.98. The summed E-state index contributed by atoms with van der Waals surface area (Å²) in [6, 6.07) is 1.23. The van der Waals surface area contributed by atoms with Crippen LogP contribution in [0.25, 0.3) is 0 Å². The molecule has 3 N–H and O–H groups in total. The molecule has 0 radical (unpaired) electrons. The van der Waals surface area contributed by atoms with Crippen molar-refractivity contribution in [2.24, 2.45) is 12.9 Å². The van der Waals surface area contributed by atoms with E-state index in [-0.39, 0.29) is 6.04 Å². The third-order valence-corrected chi connectivity index (χ3v) is 2.57. The number of nitrogens with zero attached hydrogens (tertiary/aromatic N) is 4. The molecule has 1 unspecified atom stereocenters. The molecular formula is C10H13FN6. The van der Waals surface area contributed by atoms with E-state index in [1.807, 2.05) is 0 Å². The van der Waals surface area contributed by atoms with Crippen molar-refractivity contribution in [1.82, 2.24) is 25.2 Å². The van der Waals surface area contributed by atoms with Gasteiger partial charge in [-0.3, -0.25) is 20.9 Å². The van der Waals surface area contributed by atoms with E-state index >= 15 is 0 Å². The topological polar surface area (TPSA) is 81.7 Å². The summed E-state index contributed by atoms with van der Waals surface area (Å²) in [6.45, 7) is 0. The highest BCUT2D eigenvalue weighted by Crippen LogP contribution is 2.18. The van der Waals surface area contributed by atoms with E-state index in [0.29, 0.717) is 12.0 Å². The molecule has 2 aromatic rings. The number of nitrogens with one attached hydrogen (secondary N) is 1. The van der Waals surface area contributed by atoms with Crippen molar-refractivity contribution in [1.29, 1.82) is 0 Å². The minimum atomic E-state index is -0.391. The SMILES string of the molecule is Cn1ncnc1CC(NN)c1ccncc1F. The number of aromatic nitrogens is 4. The van der Waals surface area contributed by atoms with Crippen LogP contribution in [0, 0.1) is 5.82 Å². The Morgan fingerprint density at radius 1 is 1.59 bits per heavy atom. The first-order valence-corrected chi connectivity index (χ1v) is 5.10. The predicted molar refractivity (Wildman–Crippen MR) is 59.0 cm³/mol. The summed E-state index contributed by atoms with van der Waals surface area (Å²) in [5, 5.41) is 3.95. The number of hydrogen-bond acceptors (Lipinski definition) is 5. The van der Waals surface area contributed by atoms with Gasteiger partial charge in [-0.1, -0.05) is 0 Å². The Bertz CT molecular complexity index is 497. The molecule has 0 fully saturated rings. The Morgan fingerprint density at radius 2 is 2.41 bits per heavy atom. The molecule has 2 rings (SSSR count). The van der Waals surface area contributed by atoms with E-state index in [9.17, 15) is 4.39 Å². The summed E-state index contributed by atoms with van der Waals surface area (Å²) in [4.78, 5) is 7.78. The fraction of sp³-hybridized carbons (Fsp3) is 0.300. The monoisotopic (exact) mass is 236 g/mol. The average molecular weight is 236 g/mol. The Labute approximate surface area is 97.7 Å². The van der Waals surface area contributed by atoms with Gasteiger partial charge in [-0.15, -0.1) is 0 Å². The van der Waals surface area contributed by atoms with E-state index in [4.69, 9.17) is 5.84 Å². The maximum absolute atomic E-state index is 13.6. The van der Waals surface area contributed by atoms with E-state index in [1.165, 1.54) is 12.5 Å². The molecule has 0 aliphatic heterocycles. The number of nitrogens with two attached hydrogens (primary N) is 1. The molecule has 0 aliphatic carbocycles. The van der Waals surface area contributed by atoms with Crippen LogP contribution in [0.4, 0.5) is 4.39 Å². The molecule has 2 aromatic heterocycles. The summed E-state index contributed by atoms with van der Waals surface area (Å²) in [7, 11) is 1.78. The van der Waals surface area contributed by atoms with Crippen LogP contribution in [0.1, 0.15) is 17.4 Å². The maximum atomic E-state index is 13.6. The minimum absolute atomic E-state index is 0.360. The van der Waals surface area contributed by atoms with E-state index in [1.54, 1.807) is 17.8 Å². The number of pyridine rings is 1. The second-order valence-electron chi connectivity index (χ2n) is 3.62. The highest BCUT2D eigenvalue weighted by molar-refractivity contribution is 5.18. The number of aryl methyl sites for hydroxylation is 1. The van der Waals surface area contributed by atoms with Crippen LogP contribution >= 0.6 is 0 Å². The summed E-state index contributed by atoms with van der Waals surface area (Å²) in [5.41, 5.74) is 3.04. The number of halogens is 1. The van der Waals surface area contributed by atoms with Crippen molar-refractivity contribution >= 4 is 0 Å². The summed E-state index contributed by atoms with van der Waals surface area (Å²) >= 11 is 0. The lowest BCUT2D eigenvalue weighted by molar-refractivity contribution is 0.490. The normalized spacial score (nSPS) is 12.6. The Morgan fingerprint density at radius 3 is 3.00 bits per heavy atom. The van der Waals surface area contributed by atoms with Crippen LogP contribution in [0.3, 0.4) is 0 Å². The zero-order valence-corrected chi connectivity index (χ0v) is 9.34. The van der Waals surface area contributed by atoms with Gasteiger partial charge in [0.15, 0.2) is 0 Å². The molecule has 0 spiro atoms. The Balaban J connectivity index is 2.23. The molecule has 2 heterocycles. The predicted octanol–water partition coefficient (Wildman–Crippen LogP) is 0.0963. The Hall–Kier alpha value is -1.86. The van der Waals surface area contributed by atoms with Gasteiger partial charge in [0.25, 0.3) is 0 Å². The largest absolute Gasteiger partial charge is 0.271 e. The number of hydrazine groups is 1. The molecule has 0 aromatic carbocycles. The Kier molecular flexibility index (Phi) is 3.40. The number of hydrogen-bond donors (Lipinski definition) is 2. The van der Waals surface area contributed by atoms with Gasteiger partial charge in [0, 0.05) is 25.2 Å². The highest BCUT2D eigenvalue weighted by atomic mass is 19.1. The fourth-order valence-electron chi connectivity index (χ4n) is 1.61. The second-order valence-corrected chi connectivity index (χ2v) is 3.62. The first-order chi connectivity index (χ1) is 8.22. The molecule has 90 valence electrons. The van der Waals surface area contributed by atoms with Crippen molar-refractivity contribution in [2.45, 2.75) is 12.5 Å². The average Bonchev–Trinajstić information content (AvgIpc) is 2.73. The van der Waals surface area contributed by atoms with Gasteiger partial charge >= 0.3 is 0 Å². The molecule has 0 saturated heterocycles. The lowest BCUT2D eigenvalue weighted by Crippen LogP contribution is -2.31. The van der Waals surface area contributed by atoms with Crippen LogP contribution in [-0.4, -0.2) is 19.7 Å². The fourth-order valence-corrected chi connectivity index (χ4v) is 1.61. The van der Waals surface area contributed by atoms with Gasteiger partial charge in [-0.25, -0.2) is 9.37 Å². The van der Waals surface area contributed by atoms with Crippen LogP contribution in [0.5, 0.6) is 0 Å². The molecule has 1 atom stereocenters. The molecule has 6 nitrogen and oxygen atoms in total. The van der Waals surface area contributed by atoms with E-state index in [0.717, 1.165) is 12.0 Å². The van der Waals surface area contributed by atoms with Crippen LogP contribution in [-0.2, 0) is 13.5 Å². The maximum Gasteiger partial charge on any atom is 0.146 e. The molecule has 0 amide bonds. The number of rotatable bonds is 4. The molecule has 0 aliphatic rings. The van der Waals surface area contributed by atoms with Gasteiger partial charge in [0.2, 0.25) is 0 Å². The summed E-state index contributed by atoms with van der Waals surface area (Å²) in [5.74, 6) is 5.78. The first kappa shape index (κ1) is 11.6. The first-order valence-electron chi connectivity index (χ1n) is 5.10. The molecular weight excluding hydrogens is 223 g/mol. The molecule has 17 heavy (non-hydrogen) atoms. The minimum Gasteiger partial charge on any atom is -0.271 e.